The Morgan fingerprint density at radius 2 is 1.92 bits per heavy atom. The predicted octanol–water partition coefficient (Wildman–Crippen LogP) is 3.65. The third kappa shape index (κ3) is 5.47. The highest BCUT2D eigenvalue weighted by molar-refractivity contribution is 9.10. The first-order valence-corrected chi connectivity index (χ1v) is 8.48. The number of nitrogens with one attached hydrogen (secondary N) is 1. The van der Waals surface area contributed by atoms with Gasteiger partial charge in [0.05, 0.1) is 11.6 Å². The summed E-state index contributed by atoms with van der Waals surface area (Å²) in [5, 5.41) is 12.0. The summed E-state index contributed by atoms with van der Waals surface area (Å²) < 4.78 is 25.0. The lowest BCUT2D eigenvalue weighted by atomic mass is 10.2. The van der Waals surface area contributed by atoms with Crippen molar-refractivity contribution in [1.82, 2.24) is 5.32 Å². The van der Waals surface area contributed by atoms with Gasteiger partial charge < -0.3 is 19.9 Å². The molecule has 24 heavy (non-hydrogen) atoms. The molecule has 0 aliphatic rings. The van der Waals surface area contributed by atoms with Gasteiger partial charge >= 0.3 is 0 Å². The molecule has 0 atom stereocenters. The summed E-state index contributed by atoms with van der Waals surface area (Å²) in [4.78, 5) is 0. The molecule has 0 saturated carbocycles. The van der Waals surface area contributed by atoms with Crippen molar-refractivity contribution in [1.29, 1.82) is 0 Å². The number of hydrogen-bond donors (Lipinski definition) is 2. The zero-order valence-electron chi connectivity index (χ0n) is 13.5. The summed E-state index contributed by atoms with van der Waals surface area (Å²) in [6.45, 7) is 1.92. The van der Waals surface area contributed by atoms with Gasteiger partial charge in [-0.2, -0.15) is 0 Å². The summed E-state index contributed by atoms with van der Waals surface area (Å²) >= 11 is 3.51. The van der Waals surface area contributed by atoms with Crippen LogP contribution in [-0.4, -0.2) is 25.4 Å². The van der Waals surface area contributed by atoms with Crippen LogP contribution in [0.15, 0.2) is 40.9 Å². The molecule has 2 N–H and O–H groups in total. The number of aliphatic hydroxyl groups is 1. The standard InChI is InChI=1S/C18H21BrFNO3/c1-23-17-10-14(11-21-7-2-8-22)9-16(19)18(17)24-12-13-3-5-15(20)6-4-13/h3-6,9-10,21-22H,2,7-8,11-12H2,1H3. The Kier molecular flexibility index (Phi) is 7.49. The highest BCUT2D eigenvalue weighted by Gasteiger charge is 2.12. The first-order chi connectivity index (χ1) is 11.6. The average Bonchev–Trinajstić information content (AvgIpc) is 2.59. The molecular formula is C18H21BrFNO3. The van der Waals surface area contributed by atoms with Crippen molar-refractivity contribution in [2.45, 2.75) is 19.6 Å². The molecule has 4 nitrogen and oxygen atoms in total. The highest BCUT2D eigenvalue weighted by Crippen LogP contribution is 2.37. The van der Waals surface area contributed by atoms with Gasteiger partial charge in [-0.15, -0.1) is 0 Å². The van der Waals surface area contributed by atoms with Crippen LogP contribution < -0.4 is 14.8 Å². The molecule has 0 saturated heterocycles. The zero-order chi connectivity index (χ0) is 17.4. The second-order valence-electron chi connectivity index (χ2n) is 5.28. The molecule has 130 valence electrons. The summed E-state index contributed by atoms with van der Waals surface area (Å²) in [6, 6.07) is 10.1. The summed E-state index contributed by atoms with van der Waals surface area (Å²) in [5.74, 6) is 0.974. The van der Waals surface area contributed by atoms with Crippen molar-refractivity contribution < 1.29 is 19.0 Å². The normalized spacial score (nSPS) is 10.7. The molecule has 0 radical (unpaired) electrons. The quantitative estimate of drug-likeness (QED) is 0.634. The molecule has 0 fully saturated rings. The second-order valence-corrected chi connectivity index (χ2v) is 6.13. The first-order valence-electron chi connectivity index (χ1n) is 7.69. The van der Waals surface area contributed by atoms with E-state index in [1.165, 1.54) is 12.1 Å². The fourth-order valence-electron chi connectivity index (χ4n) is 2.19. The van der Waals surface area contributed by atoms with Crippen molar-refractivity contribution in [3.8, 4) is 11.5 Å². The van der Waals surface area contributed by atoms with Crippen LogP contribution >= 0.6 is 15.9 Å². The number of hydrogen-bond acceptors (Lipinski definition) is 4. The fraction of sp³-hybridized carbons (Fsp3) is 0.333. The highest BCUT2D eigenvalue weighted by atomic mass is 79.9. The minimum absolute atomic E-state index is 0.177. The molecule has 0 aliphatic carbocycles. The lowest BCUT2D eigenvalue weighted by molar-refractivity contribution is 0.282. The van der Waals surface area contributed by atoms with E-state index in [9.17, 15) is 4.39 Å². The van der Waals surface area contributed by atoms with Crippen molar-refractivity contribution in [3.63, 3.8) is 0 Å². The number of ether oxygens (including phenoxy) is 2. The number of benzene rings is 2. The van der Waals surface area contributed by atoms with Gasteiger partial charge in [0.2, 0.25) is 0 Å². The number of methoxy groups -OCH3 is 1. The van der Waals surface area contributed by atoms with Gasteiger partial charge in [-0.1, -0.05) is 12.1 Å². The number of aliphatic hydroxyl groups excluding tert-OH is 1. The molecule has 0 heterocycles. The summed E-state index contributed by atoms with van der Waals surface area (Å²) in [6.07, 6.45) is 0.719. The average molecular weight is 398 g/mol. The van der Waals surface area contributed by atoms with Crippen LogP contribution in [0.4, 0.5) is 4.39 Å². The van der Waals surface area contributed by atoms with Gasteiger partial charge in [0.25, 0.3) is 0 Å². The minimum Gasteiger partial charge on any atom is -0.493 e. The van der Waals surface area contributed by atoms with E-state index in [2.05, 4.69) is 21.2 Å². The smallest absolute Gasteiger partial charge is 0.175 e. The molecule has 2 aromatic carbocycles. The van der Waals surface area contributed by atoms with E-state index in [4.69, 9.17) is 14.6 Å². The Bertz CT molecular complexity index is 649. The van der Waals surface area contributed by atoms with Gasteiger partial charge in [0.1, 0.15) is 12.4 Å². The van der Waals surface area contributed by atoms with Crippen LogP contribution in [0.3, 0.4) is 0 Å². The lowest BCUT2D eigenvalue weighted by Crippen LogP contribution is -2.15. The number of halogens is 2. The molecule has 0 aromatic heterocycles. The third-order valence-corrected chi connectivity index (χ3v) is 4.02. The van der Waals surface area contributed by atoms with Gasteiger partial charge in [0.15, 0.2) is 11.5 Å². The maximum Gasteiger partial charge on any atom is 0.175 e. The van der Waals surface area contributed by atoms with Gasteiger partial charge in [-0.05, 0) is 64.3 Å². The van der Waals surface area contributed by atoms with Crippen LogP contribution in [-0.2, 0) is 13.2 Å². The van der Waals surface area contributed by atoms with Crippen molar-refractivity contribution in [2.75, 3.05) is 20.3 Å². The van der Waals surface area contributed by atoms with Crippen molar-refractivity contribution in [2.24, 2.45) is 0 Å². The Labute approximate surface area is 149 Å². The zero-order valence-corrected chi connectivity index (χ0v) is 15.1. The SMILES string of the molecule is COc1cc(CNCCCO)cc(Br)c1OCc1ccc(F)cc1. The Balaban J connectivity index is 2.04. The van der Waals surface area contributed by atoms with Crippen LogP contribution in [0.5, 0.6) is 11.5 Å². The van der Waals surface area contributed by atoms with Crippen molar-refractivity contribution in [3.05, 3.63) is 57.8 Å². The molecule has 2 aromatic rings. The fourth-order valence-corrected chi connectivity index (χ4v) is 2.79. The maximum atomic E-state index is 12.9. The van der Waals surface area contributed by atoms with Crippen LogP contribution in [0, 0.1) is 5.82 Å². The molecule has 0 aliphatic heterocycles. The maximum absolute atomic E-state index is 12.9. The van der Waals surface area contributed by atoms with Gasteiger partial charge in [-0.3, -0.25) is 0 Å². The summed E-state index contributed by atoms with van der Waals surface area (Å²) in [5.41, 5.74) is 1.92. The predicted molar refractivity (Wildman–Crippen MR) is 94.8 cm³/mol. The first kappa shape index (κ1) is 18.7. The Morgan fingerprint density at radius 1 is 1.17 bits per heavy atom. The van der Waals surface area contributed by atoms with E-state index < -0.39 is 0 Å². The Hall–Kier alpha value is -1.63. The third-order valence-electron chi connectivity index (χ3n) is 3.43. The molecule has 0 unspecified atom stereocenters. The van der Waals surface area contributed by atoms with E-state index in [0.717, 1.165) is 28.6 Å². The second kappa shape index (κ2) is 9.61. The lowest BCUT2D eigenvalue weighted by Gasteiger charge is -2.15. The molecule has 0 amide bonds. The monoisotopic (exact) mass is 397 g/mol. The molecular weight excluding hydrogens is 377 g/mol. The van der Waals surface area contributed by atoms with Crippen LogP contribution in [0.2, 0.25) is 0 Å². The van der Waals surface area contributed by atoms with Crippen molar-refractivity contribution >= 4 is 15.9 Å². The van der Waals surface area contributed by atoms with E-state index in [-0.39, 0.29) is 12.4 Å². The van der Waals surface area contributed by atoms with E-state index in [0.29, 0.717) is 24.7 Å². The molecule has 6 heteroatoms. The molecule has 2 rings (SSSR count). The number of rotatable bonds is 9. The van der Waals surface area contributed by atoms with E-state index in [1.807, 2.05) is 12.1 Å². The largest absolute Gasteiger partial charge is 0.493 e. The van der Waals surface area contributed by atoms with Crippen LogP contribution in [0.25, 0.3) is 0 Å². The van der Waals surface area contributed by atoms with Gasteiger partial charge in [0, 0.05) is 13.2 Å². The Morgan fingerprint density at radius 3 is 2.58 bits per heavy atom. The molecule has 0 spiro atoms. The topological polar surface area (TPSA) is 50.7 Å². The van der Waals surface area contributed by atoms with E-state index in [1.54, 1.807) is 19.2 Å². The molecule has 0 bridgehead atoms. The van der Waals surface area contributed by atoms with E-state index >= 15 is 0 Å². The van der Waals surface area contributed by atoms with Gasteiger partial charge in [-0.25, -0.2) is 4.39 Å². The van der Waals surface area contributed by atoms with Crippen LogP contribution in [0.1, 0.15) is 17.5 Å². The summed E-state index contributed by atoms with van der Waals surface area (Å²) in [7, 11) is 1.59. The minimum atomic E-state index is -0.268.